The number of hydrogen-bond acceptors (Lipinski definition) is 2. The number of benzene rings is 2. The van der Waals surface area contributed by atoms with Gasteiger partial charge in [0.1, 0.15) is 0 Å². The Bertz CT molecular complexity index is 614. The van der Waals surface area contributed by atoms with Crippen LogP contribution in [0.1, 0.15) is 29.0 Å². The SMILES string of the molecule is Cc1ccccc1CNC(=O)NCC(CCO)c1ccccc1. The molecule has 23 heavy (non-hydrogen) atoms. The Kier molecular flexibility index (Phi) is 6.63. The van der Waals surface area contributed by atoms with Gasteiger partial charge in [-0.25, -0.2) is 4.79 Å². The summed E-state index contributed by atoms with van der Waals surface area (Å²) in [7, 11) is 0. The molecule has 4 nitrogen and oxygen atoms in total. The van der Waals surface area contributed by atoms with Gasteiger partial charge in [0.05, 0.1) is 0 Å². The van der Waals surface area contributed by atoms with E-state index >= 15 is 0 Å². The van der Waals surface area contributed by atoms with Gasteiger partial charge >= 0.3 is 6.03 Å². The molecule has 2 aromatic carbocycles. The van der Waals surface area contributed by atoms with Crippen molar-refractivity contribution in [3.05, 3.63) is 71.3 Å². The third kappa shape index (κ3) is 5.42. The Morgan fingerprint density at radius 3 is 2.43 bits per heavy atom. The standard InChI is InChI=1S/C19H24N2O2/c1-15-7-5-6-10-17(15)13-20-19(23)21-14-18(11-12-22)16-8-3-2-4-9-16/h2-10,18,22H,11-14H2,1H3,(H2,20,21,23). The Hall–Kier alpha value is -2.33. The number of aliphatic hydroxyl groups excluding tert-OH is 1. The molecule has 0 bridgehead atoms. The summed E-state index contributed by atoms with van der Waals surface area (Å²) >= 11 is 0. The molecule has 0 radical (unpaired) electrons. The van der Waals surface area contributed by atoms with E-state index in [1.165, 1.54) is 0 Å². The van der Waals surface area contributed by atoms with E-state index in [1.54, 1.807) is 0 Å². The van der Waals surface area contributed by atoms with Gasteiger partial charge in [-0.3, -0.25) is 0 Å². The van der Waals surface area contributed by atoms with Crippen molar-refractivity contribution >= 4 is 6.03 Å². The number of aryl methyl sites for hydroxylation is 1. The number of carbonyl (C=O) groups is 1. The predicted octanol–water partition coefficient (Wildman–Crippen LogP) is 2.96. The van der Waals surface area contributed by atoms with E-state index in [1.807, 2.05) is 61.5 Å². The lowest BCUT2D eigenvalue weighted by Crippen LogP contribution is -2.37. The van der Waals surface area contributed by atoms with Crippen LogP contribution in [-0.2, 0) is 6.54 Å². The van der Waals surface area contributed by atoms with E-state index in [0.717, 1.165) is 16.7 Å². The first-order valence-electron chi connectivity index (χ1n) is 7.92. The molecule has 122 valence electrons. The third-order valence-electron chi connectivity index (χ3n) is 3.96. The summed E-state index contributed by atoms with van der Waals surface area (Å²) in [6.45, 7) is 3.15. The molecule has 0 saturated heterocycles. The second-order valence-corrected chi connectivity index (χ2v) is 5.61. The van der Waals surface area contributed by atoms with Crippen LogP contribution in [0.15, 0.2) is 54.6 Å². The van der Waals surface area contributed by atoms with Gasteiger partial charge in [0.15, 0.2) is 0 Å². The summed E-state index contributed by atoms with van der Waals surface area (Å²) in [4.78, 5) is 12.0. The van der Waals surface area contributed by atoms with Crippen LogP contribution >= 0.6 is 0 Å². The van der Waals surface area contributed by atoms with Crippen molar-refractivity contribution in [1.29, 1.82) is 0 Å². The minimum atomic E-state index is -0.188. The summed E-state index contributed by atoms with van der Waals surface area (Å²) in [6, 6.07) is 17.7. The highest BCUT2D eigenvalue weighted by atomic mass is 16.3. The third-order valence-corrected chi connectivity index (χ3v) is 3.96. The number of urea groups is 1. The van der Waals surface area contributed by atoms with E-state index in [2.05, 4.69) is 10.6 Å². The molecule has 0 spiro atoms. The van der Waals surface area contributed by atoms with Crippen molar-refractivity contribution in [1.82, 2.24) is 10.6 Å². The molecule has 2 amide bonds. The molecule has 1 atom stereocenters. The first-order chi connectivity index (χ1) is 11.2. The fourth-order valence-electron chi connectivity index (χ4n) is 2.53. The van der Waals surface area contributed by atoms with Crippen LogP contribution in [-0.4, -0.2) is 24.3 Å². The first-order valence-corrected chi connectivity index (χ1v) is 7.92. The molecule has 0 fully saturated rings. The maximum Gasteiger partial charge on any atom is 0.315 e. The van der Waals surface area contributed by atoms with Crippen LogP contribution in [0.5, 0.6) is 0 Å². The van der Waals surface area contributed by atoms with E-state index in [9.17, 15) is 9.90 Å². The molecule has 0 aliphatic heterocycles. The Balaban J connectivity index is 1.83. The fourth-order valence-corrected chi connectivity index (χ4v) is 2.53. The summed E-state index contributed by atoms with van der Waals surface area (Å²) in [5, 5.41) is 15.0. The lowest BCUT2D eigenvalue weighted by molar-refractivity contribution is 0.237. The van der Waals surface area contributed by atoms with Gasteiger partial charge in [-0.05, 0) is 30.0 Å². The Labute approximate surface area is 137 Å². The van der Waals surface area contributed by atoms with Crippen molar-refractivity contribution in [3.63, 3.8) is 0 Å². The zero-order chi connectivity index (χ0) is 16.5. The van der Waals surface area contributed by atoms with Gasteiger partial charge in [-0.1, -0.05) is 54.6 Å². The monoisotopic (exact) mass is 312 g/mol. The number of rotatable bonds is 7. The van der Waals surface area contributed by atoms with Crippen LogP contribution in [0, 0.1) is 6.92 Å². The molecule has 0 aromatic heterocycles. The average molecular weight is 312 g/mol. The van der Waals surface area contributed by atoms with Crippen LogP contribution in [0.2, 0.25) is 0 Å². The van der Waals surface area contributed by atoms with Crippen LogP contribution < -0.4 is 10.6 Å². The topological polar surface area (TPSA) is 61.4 Å². The normalized spacial score (nSPS) is 11.7. The molecule has 0 saturated carbocycles. The minimum absolute atomic E-state index is 0.103. The molecule has 0 aliphatic rings. The van der Waals surface area contributed by atoms with Crippen molar-refractivity contribution in [2.75, 3.05) is 13.2 Å². The molecule has 4 heteroatoms. The fraction of sp³-hybridized carbons (Fsp3) is 0.316. The predicted molar refractivity (Wildman–Crippen MR) is 92.3 cm³/mol. The lowest BCUT2D eigenvalue weighted by Gasteiger charge is -2.17. The van der Waals surface area contributed by atoms with Gasteiger partial charge in [0.2, 0.25) is 0 Å². The van der Waals surface area contributed by atoms with Gasteiger partial charge in [-0.15, -0.1) is 0 Å². The number of amides is 2. The van der Waals surface area contributed by atoms with Crippen LogP contribution in [0.3, 0.4) is 0 Å². The van der Waals surface area contributed by atoms with Crippen molar-refractivity contribution in [3.8, 4) is 0 Å². The zero-order valence-electron chi connectivity index (χ0n) is 13.5. The Morgan fingerprint density at radius 2 is 1.74 bits per heavy atom. The lowest BCUT2D eigenvalue weighted by atomic mass is 9.96. The largest absolute Gasteiger partial charge is 0.396 e. The van der Waals surface area contributed by atoms with Crippen molar-refractivity contribution < 1.29 is 9.90 Å². The Morgan fingerprint density at radius 1 is 1.04 bits per heavy atom. The number of aliphatic hydroxyl groups is 1. The summed E-state index contributed by atoms with van der Waals surface area (Å²) in [5.41, 5.74) is 3.40. The maximum atomic E-state index is 12.0. The van der Waals surface area contributed by atoms with Gasteiger partial charge in [-0.2, -0.15) is 0 Å². The van der Waals surface area contributed by atoms with Crippen molar-refractivity contribution in [2.24, 2.45) is 0 Å². The molecule has 2 aromatic rings. The number of carbonyl (C=O) groups excluding carboxylic acids is 1. The molecule has 0 aliphatic carbocycles. The first kappa shape index (κ1) is 17.0. The quantitative estimate of drug-likeness (QED) is 0.736. The van der Waals surface area contributed by atoms with Gasteiger partial charge in [0, 0.05) is 25.6 Å². The van der Waals surface area contributed by atoms with E-state index in [4.69, 9.17) is 0 Å². The zero-order valence-corrected chi connectivity index (χ0v) is 13.5. The van der Waals surface area contributed by atoms with E-state index in [-0.39, 0.29) is 18.6 Å². The molecule has 0 heterocycles. The smallest absolute Gasteiger partial charge is 0.315 e. The molecule has 2 rings (SSSR count). The summed E-state index contributed by atoms with van der Waals surface area (Å²) in [6.07, 6.45) is 0.627. The average Bonchev–Trinajstić information content (AvgIpc) is 2.58. The summed E-state index contributed by atoms with van der Waals surface area (Å²) in [5.74, 6) is 0.116. The van der Waals surface area contributed by atoms with Crippen molar-refractivity contribution in [2.45, 2.75) is 25.8 Å². The molecule has 3 N–H and O–H groups in total. The molecular weight excluding hydrogens is 288 g/mol. The number of hydrogen-bond donors (Lipinski definition) is 3. The second-order valence-electron chi connectivity index (χ2n) is 5.61. The second kappa shape index (κ2) is 8.96. The van der Waals surface area contributed by atoms with Gasteiger partial charge < -0.3 is 15.7 Å². The minimum Gasteiger partial charge on any atom is -0.396 e. The maximum absolute atomic E-state index is 12.0. The van der Waals surface area contributed by atoms with Crippen LogP contribution in [0.25, 0.3) is 0 Å². The van der Waals surface area contributed by atoms with Gasteiger partial charge in [0.25, 0.3) is 0 Å². The van der Waals surface area contributed by atoms with Crippen LogP contribution in [0.4, 0.5) is 4.79 Å². The molecular formula is C19H24N2O2. The highest BCUT2D eigenvalue weighted by molar-refractivity contribution is 5.73. The van der Waals surface area contributed by atoms with E-state index in [0.29, 0.717) is 19.5 Å². The molecule has 1 unspecified atom stereocenters. The highest BCUT2D eigenvalue weighted by Crippen LogP contribution is 2.18. The number of nitrogens with one attached hydrogen (secondary N) is 2. The summed E-state index contributed by atoms with van der Waals surface area (Å²) < 4.78 is 0. The highest BCUT2D eigenvalue weighted by Gasteiger charge is 2.12. The van der Waals surface area contributed by atoms with E-state index < -0.39 is 0 Å².